The maximum absolute atomic E-state index is 13.2. The van der Waals surface area contributed by atoms with Crippen molar-refractivity contribution in [1.82, 2.24) is 4.98 Å². The van der Waals surface area contributed by atoms with E-state index in [2.05, 4.69) is 10.3 Å². The summed E-state index contributed by atoms with van der Waals surface area (Å²) in [6.07, 6.45) is 0. The van der Waals surface area contributed by atoms with Crippen molar-refractivity contribution in [2.24, 2.45) is 0 Å². The van der Waals surface area contributed by atoms with Crippen LogP contribution in [0.4, 0.5) is 5.13 Å². The van der Waals surface area contributed by atoms with Crippen LogP contribution < -0.4 is 10.1 Å². The molecule has 0 aliphatic heterocycles. The van der Waals surface area contributed by atoms with Gasteiger partial charge in [-0.1, -0.05) is 72.8 Å². The highest BCUT2D eigenvalue weighted by Gasteiger charge is 2.23. The third-order valence-electron chi connectivity index (χ3n) is 4.63. The fraction of sp³-hybridized carbons (Fsp3) is 0.0833. The van der Waals surface area contributed by atoms with Crippen LogP contribution in [0.2, 0.25) is 0 Å². The zero-order chi connectivity index (χ0) is 20.1. The Balaban J connectivity index is 1.59. The molecule has 4 rings (SSSR count). The number of ether oxygens (including phenoxy) is 1. The number of anilines is 1. The highest BCUT2D eigenvalue weighted by atomic mass is 32.1. The van der Waals surface area contributed by atoms with Gasteiger partial charge >= 0.3 is 0 Å². The first-order valence-electron chi connectivity index (χ1n) is 9.25. The molecule has 0 fully saturated rings. The third-order valence-corrected chi connectivity index (χ3v) is 5.39. The molecule has 0 atom stereocenters. The number of hydrogen-bond acceptors (Lipinski definition) is 4. The molecule has 0 spiro atoms. The number of aromatic nitrogens is 1. The summed E-state index contributed by atoms with van der Waals surface area (Å²) < 4.78 is 5.28. The Morgan fingerprint density at radius 2 is 1.59 bits per heavy atom. The lowest BCUT2D eigenvalue weighted by Gasteiger charge is -2.17. The summed E-state index contributed by atoms with van der Waals surface area (Å²) in [5.41, 5.74) is 3.64. The molecule has 0 saturated heterocycles. The molecule has 29 heavy (non-hydrogen) atoms. The number of methoxy groups -OCH3 is 1. The molecule has 0 aliphatic rings. The van der Waals surface area contributed by atoms with Crippen molar-refractivity contribution in [2.45, 2.75) is 5.92 Å². The second-order valence-corrected chi connectivity index (χ2v) is 7.37. The molecule has 144 valence electrons. The van der Waals surface area contributed by atoms with Gasteiger partial charge in [0.05, 0.1) is 18.7 Å². The van der Waals surface area contributed by atoms with Crippen LogP contribution in [0.5, 0.6) is 5.75 Å². The van der Waals surface area contributed by atoms with Crippen molar-refractivity contribution in [2.75, 3.05) is 12.4 Å². The van der Waals surface area contributed by atoms with E-state index in [-0.39, 0.29) is 5.91 Å². The molecule has 1 amide bonds. The summed E-state index contributed by atoms with van der Waals surface area (Å²) in [7, 11) is 1.64. The fourth-order valence-corrected chi connectivity index (χ4v) is 3.93. The van der Waals surface area contributed by atoms with Crippen molar-refractivity contribution >= 4 is 22.4 Å². The van der Waals surface area contributed by atoms with Gasteiger partial charge in [0.2, 0.25) is 5.91 Å². The van der Waals surface area contributed by atoms with Crippen molar-refractivity contribution < 1.29 is 9.53 Å². The zero-order valence-electron chi connectivity index (χ0n) is 15.9. The van der Waals surface area contributed by atoms with E-state index >= 15 is 0 Å². The van der Waals surface area contributed by atoms with E-state index in [1.165, 1.54) is 11.3 Å². The van der Waals surface area contributed by atoms with Crippen molar-refractivity contribution in [3.63, 3.8) is 0 Å². The number of nitrogens with zero attached hydrogens (tertiary/aromatic N) is 1. The van der Waals surface area contributed by atoms with Gasteiger partial charge in [0.15, 0.2) is 5.13 Å². The van der Waals surface area contributed by atoms with Crippen LogP contribution in [-0.4, -0.2) is 18.0 Å². The molecule has 0 saturated carbocycles. The minimum absolute atomic E-state index is 0.103. The summed E-state index contributed by atoms with van der Waals surface area (Å²) in [5.74, 6) is 0.268. The van der Waals surface area contributed by atoms with E-state index in [0.717, 1.165) is 28.1 Å². The summed E-state index contributed by atoms with van der Waals surface area (Å²) in [4.78, 5) is 17.8. The molecule has 1 N–H and O–H groups in total. The first kappa shape index (κ1) is 18.9. The number of rotatable bonds is 6. The summed E-state index contributed by atoms with van der Waals surface area (Å²) in [6.45, 7) is 0. The second-order valence-electron chi connectivity index (χ2n) is 6.51. The molecule has 0 aliphatic carbocycles. The summed E-state index contributed by atoms with van der Waals surface area (Å²) in [5, 5.41) is 5.50. The van der Waals surface area contributed by atoms with Gasteiger partial charge in [-0.25, -0.2) is 4.98 Å². The van der Waals surface area contributed by atoms with E-state index in [0.29, 0.717) is 5.13 Å². The maximum atomic E-state index is 13.2. The van der Waals surface area contributed by atoms with Gasteiger partial charge in [-0.05, 0) is 23.3 Å². The van der Waals surface area contributed by atoms with Crippen LogP contribution in [-0.2, 0) is 4.79 Å². The normalized spacial score (nSPS) is 10.7. The molecular weight excluding hydrogens is 380 g/mol. The Morgan fingerprint density at radius 1 is 0.931 bits per heavy atom. The summed E-state index contributed by atoms with van der Waals surface area (Å²) in [6, 6.07) is 27.3. The monoisotopic (exact) mass is 400 g/mol. The molecule has 1 heterocycles. The number of hydrogen-bond donors (Lipinski definition) is 1. The van der Waals surface area contributed by atoms with Gasteiger partial charge in [-0.3, -0.25) is 4.79 Å². The van der Waals surface area contributed by atoms with Crippen molar-refractivity contribution in [3.8, 4) is 17.0 Å². The molecule has 1 aromatic heterocycles. The smallest absolute Gasteiger partial charge is 0.238 e. The first-order valence-corrected chi connectivity index (χ1v) is 10.1. The number of carbonyl (C=O) groups is 1. The first-order chi connectivity index (χ1) is 14.2. The Bertz CT molecular complexity index is 1050. The predicted octanol–water partition coefficient (Wildman–Crippen LogP) is 5.59. The standard InChI is InChI=1S/C24H20N2O2S/c1-28-20-14-8-13-19(15-20)21-16-29-24(25-21)26-23(27)22(17-9-4-2-5-10-17)18-11-6-3-7-12-18/h2-16,22H,1H3,(H,25,26,27). The molecule has 0 radical (unpaired) electrons. The minimum Gasteiger partial charge on any atom is -0.497 e. The maximum Gasteiger partial charge on any atom is 0.238 e. The van der Waals surface area contributed by atoms with E-state index in [4.69, 9.17) is 4.74 Å². The number of carbonyl (C=O) groups excluding carboxylic acids is 1. The predicted molar refractivity (Wildman–Crippen MR) is 117 cm³/mol. The number of thiazole rings is 1. The van der Waals surface area contributed by atoms with Gasteiger partial charge in [0.25, 0.3) is 0 Å². The topological polar surface area (TPSA) is 51.2 Å². The Morgan fingerprint density at radius 3 is 2.21 bits per heavy atom. The van der Waals surface area contributed by atoms with Crippen LogP contribution in [0.3, 0.4) is 0 Å². The van der Waals surface area contributed by atoms with Gasteiger partial charge < -0.3 is 10.1 Å². The second kappa shape index (κ2) is 8.71. The Labute approximate surface area is 173 Å². The van der Waals surface area contributed by atoms with E-state index < -0.39 is 5.92 Å². The fourth-order valence-electron chi connectivity index (χ4n) is 3.21. The van der Waals surface area contributed by atoms with Gasteiger partial charge in [0, 0.05) is 10.9 Å². The van der Waals surface area contributed by atoms with E-state index in [1.54, 1.807) is 7.11 Å². The molecule has 0 bridgehead atoms. The molecule has 3 aromatic carbocycles. The van der Waals surface area contributed by atoms with Crippen molar-refractivity contribution in [3.05, 3.63) is 101 Å². The number of benzene rings is 3. The highest BCUT2D eigenvalue weighted by Crippen LogP contribution is 2.30. The third kappa shape index (κ3) is 4.36. The zero-order valence-corrected chi connectivity index (χ0v) is 16.7. The SMILES string of the molecule is COc1cccc(-c2csc(NC(=O)C(c3ccccc3)c3ccccc3)n2)c1. The average molecular weight is 401 g/mol. The van der Waals surface area contributed by atoms with Gasteiger partial charge in [0.1, 0.15) is 5.75 Å². The lowest BCUT2D eigenvalue weighted by Crippen LogP contribution is -2.22. The lowest BCUT2D eigenvalue weighted by atomic mass is 9.90. The van der Waals surface area contributed by atoms with Crippen LogP contribution >= 0.6 is 11.3 Å². The summed E-state index contributed by atoms with van der Waals surface area (Å²) >= 11 is 1.41. The van der Waals surface area contributed by atoms with Crippen LogP contribution in [0.25, 0.3) is 11.3 Å². The molecule has 4 nitrogen and oxygen atoms in total. The number of nitrogens with one attached hydrogen (secondary N) is 1. The molecule has 4 aromatic rings. The quantitative estimate of drug-likeness (QED) is 0.459. The van der Waals surface area contributed by atoms with Crippen LogP contribution in [0, 0.1) is 0 Å². The molecule has 5 heteroatoms. The van der Waals surface area contributed by atoms with E-state index in [1.807, 2.05) is 90.3 Å². The molecule has 0 unspecified atom stereocenters. The van der Waals surface area contributed by atoms with Crippen LogP contribution in [0.15, 0.2) is 90.3 Å². The average Bonchev–Trinajstić information content (AvgIpc) is 3.24. The van der Waals surface area contributed by atoms with Crippen LogP contribution in [0.1, 0.15) is 17.0 Å². The van der Waals surface area contributed by atoms with E-state index in [9.17, 15) is 4.79 Å². The van der Waals surface area contributed by atoms with Gasteiger partial charge in [-0.15, -0.1) is 11.3 Å². The van der Waals surface area contributed by atoms with Crippen molar-refractivity contribution in [1.29, 1.82) is 0 Å². The highest BCUT2D eigenvalue weighted by molar-refractivity contribution is 7.14. The Hall–Kier alpha value is -3.44. The number of amides is 1. The van der Waals surface area contributed by atoms with Gasteiger partial charge in [-0.2, -0.15) is 0 Å². The largest absolute Gasteiger partial charge is 0.497 e. The molecular formula is C24H20N2O2S. The minimum atomic E-state index is -0.401. The Kier molecular flexibility index (Phi) is 5.68. The lowest BCUT2D eigenvalue weighted by molar-refractivity contribution is -0.116.